The Balaban J connectivity index is 2.21. The van der Waals surface area contributed by atoms with E-state index in [1.165, 1.54) is 4.90 Å². The lowest BCUT2D eigenvalue weighted by Crippen LogP contribution is -2.28. The molecule has 1 aliphatic heterocycles. The van der Waals surface area contributed by atoms with E-state index in [0.717, 1.165) is 13.0 Å². The van der Waals surface area contributed by atoms with Crippen LogP contribution in [0.5, 0.6) is 0 Å². The predicted octanol–water partition coefficient (Wildman–Crippen LogP) is 1.41. The molecular weight excluding hydrogens is 170 g/mol. The zero-order valence-corrected chi connectivity index (χ0v) is 8.19. The Bertz CT molecular complexity index is 182. The van der Waals surface area contributed by atoms with Crippen LogP contribution in [0.25, 0.3) is 0 Å². The Hall–Kier alpha value is -0.770. The summed E-state index contributed by atoms with van der Waals surface area (Å²) in [5.41, 5.74) is 0. The maximum absolute atomic E-state index is 10.6. The van der Waals surface area contributed by atoms with Crippen molar-refractivity contribution in [2.24, 2.45) is 5.92 Å². The first-order valence-corrected chi connectivity index (χ1v) is 4.69. The van der Waals surface area contributed by atoms with Gasteiger partial charge in [0, 0.05) is 13.2 Å². The fraction of sp³-hybridized carbons (Fsp3) is 0.889. The van der Waals surface area contributed by atoms with Crippen LogP contribution in [0.15, 0.2) is 0 Å². The monoisotopic (exact) mass is 187 g/mol. The van der Waals surface area contributed by atoms with Crippen LogP contribution >= 0.6 is 0 Å². The highest BCUT2D eigenvalue weighted by atomic mass is 16.5. The highest BCUT2D eigenvalue weighted by Gasteiger charge is 2.26. The minimum Gasteiger partial charge on any atom is -0.465 e. The molecule has 0 aliphatic carbocycles. The summed E-state index contributed by atoms with van der Waals surface area (Å²) in [5, 5.41) is 8.68. The molecule has 1 N–H and O–H groups in total. The molecule has 4 nitrogen and oxygen atoms in total. The molecule has 4 heteroatoms. The van der Waals surface area contributed by atoms with Gasteiger partial charge in [0.25, 0.3) is 0 Å². The number of carboxylic acid groups (broad SMARTS) is 1. The fourth-order valence-electron chi connectivity index (χ4n) is 1.37. The van der Waals surface area contributed by atoms with Gasteiger partial charge in [0.2, 0.25) is 0 Å². The van der Waals surface area contributed by atoms with Crippen molar-refractivity contribution in [1.29, 1.82) is 0 Å². The second-order valence-electron chi connectivity index (χ2n) is 3.87. The van der Waals surface area contributed by atoms with Crippen molar-refractivity contribution >= 4 is 6.09 Å². The van der Waals surface area contributed by atoms with Crippen molar-refractivity contribution < 1.29 is 14.6 Å². The number of nitrogens with zero attached hydrogens (tertiary/aromatic N) is 1. The lowest BCUT2D eigenvalue weighted by molar-refractivity contribution is 0.0418. The van der Waals surface area contributed by atoms with E-state index in [1.54, 1.807) is 0 Å². The molecular formula is C9H17NO3. The van der Waals surface area contributed by atoms with E-state index in [2.05, 4.69) is 13.8 Å². The third kappa shape index (κ3) is 3.22. The molecule has 1 atom stereocenters. The largest absolute Gasteiger partial charge is 0.465 e. The van der Waals surface area contributed by atoms with Gasteiger partial charge < -0.3 is 14.7 Å². The van der Waals surface area contributed by atoms with E-state index in [9.17, 15) is 4.79 Å². The van der Waals surface area contributed by atoms with Gasteiger partial charge in [-0.1, -0.05) is 13.8 Å². The molecule has 0 aromatic heterocycles. The van der Waals surface area contributed by atoms with Gasteiger partial charge in [-0.15, -0.1) is 0 Å². The Morgan fingerprint density at radius 3 is 2.85 bits per heavy atom. The van der Waals surface area contributed by atoms with Crippen molar-refractivity contribution in [1.82, 2.24) is 4.90 Å². The highest BCUT2D eigenvalue weighted by molar-refractivity contribution is 5.65. The summed E-state index contributed by atoms with van der Waals surface area (Å²) in [6, 6.07) is 0. The maximum Gasteiger partial charge on any atom is 0.407 e. The van der Waals surface area contributed by atoms with Gasteiger partial charge in [0.15, 0.2) is 0 Å². The van der Waals surface area contributed by atoms with Crippen LogP contribution in [0.2, 0.25) is 0 Å². The summed E-state index contributed by atoms with van der Waals surface area (Å²) in [6.07, 6.45) is 0.105. The van der Waals surface area contributed by atoms with Gasteiger partial charge in [-0.3, -0.25) is 0 Å². The van der Waals surface area contributed by atoms with Crippen LogP contribution < -0.4 is 0 Å². The lowest BCUT2D eigenvalue weighted by atomic mass is 10.2. The minimum absolute atomic E-state index is 0.110. The van der Waals surface area contributed by atoms with Gasteiger partial charge in [0.05, 0.1) is 12.6 Å². The molecule has 1 saturated heterocycles. The second-order valence-corrected chi connectivity index (χ2v) is 3.87. The number of hydrogen-bond acceptors (Lipinski definition) is 2. The second kappa shape index (κ2) is 4.46. The molecule has 0 spiro atoms. The molecule has 1 aliphatic rings. The molecule has 1 rings (SSSR count). The first-order valence-electron chi connectivity index (χ1n) is 4.69. The molecule has 0 aromatic rings. The molecule has 1 fully saturated rings. The molecule has 0 aromatic carbocycles. The highest BCUT2D eigenvalue weighted by Crippen LogP contribution is 2.13. The zero-order valence-electron chi connectivity index (χ0n) is 8.19. The summed E-state index contributed by atoms with van der Waals surface area (Å²) < 4.78 is 5.54. The molecule has 1 amide bonds. The van der Waals surface area contributed by atoms with E-state index < -0.39 is 6.09 Å². The third-order valence-corrected chi connectivity index (χ3v) is 2.08. The van der Waals surface area contributed by atoms with E-state index in [-0.39, 0.29) is 6.10 Å². The smallest absolute Gasteiger partial charge is 0.407 e. The van der Waals surface area contributed by atoms with Crippen molar-refractivity contribution in [2.45, 2.75) is 26.4 Å². The fourth-order valence-corrected chi connectivity index (χ4v) is 1.37. The average molecular weight is 187 g/mol. The first kappa shape index (κ1) is 10.3. The SMILES string of the molecule is CC(C)CO[C@H]1CCN(C(=O)O)C1. The summed E-state index contributed by atoms with van der Waals surface area (Å²) >= 11 is 0. The van der Waals surface area contributed by atoms with Crippen molar-refractivity contribution in [3.63, 3.8) is 0 Å². The van der Waals surface area contributed by atoms with E-state index in [4.69, 9.17) is 9.84 Å². The van der Waals surface area contributed by atoms with Crippen LogP contribution in [-0.2, 0) is 4.74 Å². The Kier molecular flexibility index (Phi) is 3.54. The number of carbonyl (C=O) groups is 1. The maximum atomic E-state index is 10.6. The third-order valence-electron chi connectivity index (χ3n) is 2.08. The van der Waals surface area contributed by atoms with Crippen LogP contribution in [0.1, 0.15) is 20.3 Å². The molecule has 0 bridgehead atoms. The number of likely N-dealkylation sites (tertiary alicyclic amines) is 1. The summed E-state index contributed by atoms with van der Waals surface area (Å²) in [6.45, 7) is 6.03. The standard InChI is InChI=1S/C9H17NO3/c1-7(2)6-13-8-3-4-10(5-8)9(11)12/h7-8H,3-6H2,1-2H3,(H,11,12)/t8-/m0/s1. The molecule has 76 valence electrons. The van der Waals surface area contributed by atoms with Gasteiger partial charge >= 0.3 is 6.09 Å². The Morgan fingerprint density at radius 1 is 1.69 bits per heavy atom. The van der Waals surface area contributed by atoms with Crippen LogP contribution in [-0.4, -0.2) is 41.9 Å². The molecule has 1 heterocycles. The van der Waals surface area contributed by atoms with E-state index in [0.29, 0.717) is 19.0 Å². The van der Waals surface area contributed by atoms with Crippen LogP contribution in [0.4, 0.5) is 4.79 Å². The van der Waals surface area contributed by atoms with Crippen LogP contribution in [0.3, 0.4) is 0 Å². The predicted molar refractivity (Wildman–Crippen MR) is 48.8 cm³/mol. The lowest BCUT2D eigenvalue weighted by Gasteiger charge is -2.14. The van der Waals surface area contributed by atoms with Crippen molar-refractivity contribution in [3.05, 3.63) is 0 Å². The van der Waals surface area contributed by atoms with Gasteiger partial charge in [-0.25, -0.2) is 4.79 Å². The van der Waals surface area contributed by atoms with Gasteiger partial charge in [-0.05, 0) is 12.3 Å². The zero-order chi connectivity index (χ0) is 9.84. The van der Waals surface area contributed by atoms with Crippen LogP contribution in [0, 0.1) is 5.92 Å². The quantitative estimate of drug-likeness (QED) is 0.726. The molecule has 0 unspecified atom stereocenters. The molecule has 13 heavy (non-hydrogen) atoms. The van der Waals surface area contributed by atoms with Crippen molar-refractivity contribution in [3.8, 4) is 0 Å². The summed E-state index contributed by atoms with van der Waals surface area (Å²) in [4.78, 5) is 12.0. The van der Waals surface area contributed by atoms with Gasteiger partial charge in [0.1, 0.15) is 0 Å². The van der Waals surface area contributed by atoms with E-state index in [1.807, 2.05) is 0 Å². The Morgan fingerprint density at radius 2 is 2.38 bits per heavy atom. The van der Waals surface area contributed by atoms with Gasteiger partial charge in [-0.2, -0.15) is 0 Å². The number of ether oxygens (including phenoxy) is 1. The number of hydrogen-bond donors (Lipinski definition) is 1. The minimum atomic E-state index is -0.837. The first-order chi connectivity index (χ1) is 6.09. The topological polar surface area (TPSA) is 49.8 Å². The number of rotatable bonds is 3. The molecule has 0 radical (unpaired) electrons. The van der Waals surface area contributed by atoms with Crippen molar-refractivity contribution in [2.75, 3.05) is 19.7 Å². The number of amides is 1. The van der Waals surface area contributed by atoms with E-state index >= 15 is 0 Å². The Labute approximate surface area is 78.5 Å². The average Bonchev–Trinajstić information content (AvgIpc) is 2.48. The summed E-state index contributed by atoms with van der Waals surface area (Å²) in [5.74, 6) is 0.513. The normalized spacial score (nSPS) is 22.7. The molecule has 0 saturated carbocycles. The summed E-state index contributed by atoms with van der Waals surface area (Å²) in [7, 11) is 0.